The first-order valence-electron chi connectivity index (χ1n) is 13.6. The number of carbonyl (C=O) groups excluding carboxylic acids is 1. The van der Waals surface area contributed by atoms with Crippen LogP contribution in [0.4, 0.5) is 0 Å². The first-order chi connectivity index (χ1) is 18.6. The van der Waals surface area contributed by atoms with Crippen LogP contribution in [0.25, 0.3) is 0 Å². The number of hydrogen-bond donors (Lipinski definition) is 1. The molecule has 6 heteroatoms. The van der Waals surface area contributed by atoms with Gasteiger partial charge in [0.1, 0.15) is 12.7 Å². The van der Waals surface area contributed by atoms with Gasteiger partial charge in [0.15, 0.2) is 0 Å². The summed E-state index contributed by atoms with van der Waals surface area (Å²) in [5, 5.41) is 13.4. The van der Waals surface area contributed by atoms with Gasteiger partial charge in [-0.15, -0.1) is 6.58 Å². The second-order valence-corrected chi connectivity index (χ2v) is 15.3. The molecule has 0 amide bonds. The molecule has 2 rings (SSSR count). The van der Waals surface area contributed by atoms with E-state index in [2.05, 4.69) is 75.9 Å². The fourth-order valence-corrected chi connectivity index (χ4v) is 9.41. The summed E-state index contributed by atoms with van der Waals surface area (Å²) in [6.07, 6.45) is 7.18. The molecule has 2 aromatic rings. The summed E-state index contributed by atoms with van der Waals surface area (Å²) in [6, 6.07) is 20.8. The maximum absolute atomic E-state index is 11.9. The molecule has 5 nitrogen and oxygen atoms in total. The molecule has 0 unspecified atom stereocenters. The van der Waals surface area contributed by atoms with E-state index in [0.29, 0.717) is 0 Å². The molecular formula is C33H46O5Si. The Morgan fingerprint density at radius 2 is 1.59 bits per heavy atom. The lowest BCUT2D eigenvalue weighted by atomic mass is 9.97. The van der Waals surface area contributed by atoms with Gasteiger partial charge in [0.2, 0.25) is 0 Å². The van der Waals surface area contributed by atoms with Gasteiger partial charge in [-0.2, -0.15) is 0 Å². The van der Waals surface area contributed by atoms with Gasteiger partial charge in [-0.05, 0) is 40.8 Å². The van der Waals surface area contributed by atoms with E-state index in [0.717, 1.165) is 18.4 Å². The number of unbranched alkanes of at least 4 members (excludes halogenated alkanes) is 1. The topological polar surface area (TPSA) is 65.0 Å². The van der Waals surface area contributed by atoms with Crippen molar-refractivity contribution in [3.05, 3.63) is 97.1 Å². The van der Waals surface area contributed by atoms with E-state index >= 15 is 0 Å². The molecule has 1 N–H and O–H groups in total. The lowest BCUT2D eigenvalue weighted by Crippen LogP contribution is -2.67. The predicted octanol–water partition coefficient (Wildman–Crippen LogP) is 5.59. The highest BCUT2D eigenvalue weighted by molar-refractivity contribution is 6.99. The number of esters is 1. The molecule has 0 saturated carbocycles. The summed E-state index contributed by atoms with van der Waals surface area (Å²) in [6.45, 7) is 14.6. The Kier molecular flexibility index (Phi) is 13.1. The molecule has 0 bridgehead atoms. The smallest absolute Gasteiger partial charge is 0.330 e. The van der Waals surface area contributed by atoms with Crippen molar-refractivity contribution in [3.63, 3.8) is 0 Å². The lowest BCUT2D eigenvalue weighted by molar-refractivity contribution is -0.136. The summed E-state index contributed by atoms with van der Waals surface area (Å²) >= 11 is 0. The Bertz CT molecular complexity index is 1030. The normalized spacial score (nSPS) is 15.1. The molecule has 0 aliphatic carbocycles. The molecule has 39 heavy (non-hydrogen) atoms. The zero-order valence-electron chi connectivity index (χ0n) is 24.4. The van der Waals surface area contributed by atoms with E-state index in [1.54, 1.807) is 13.2 Å². The lowest BCUT2D eigenvalue weighted by Gasteiger charge is -2.44. The molecule has 0 radical (unpaired) electrons. The minimum absolute atomic E-state index is 0.165. The van der Waals surface area contributed by atoms with Crippen LogP contribution in [0.3, 0.4) is 0 Å². The fraction of sp³-hybridized carbons (Fsp3) is 0.424. The average Bonchev–Trinajstić information content (AvgIpc) is 2.92. The van der Waals surface area contributed by atoms with Crippen LogP contribution >= 0.6 is 0 Å². The Labute approximate surface area is 236 Å². The number of ether oxygens (including phenoxy) is 2. The molecule has 3 atom stereocenters. The molecule has 0 aliphatic rings. The summed E-state index contributed by atoms with van der Waals surface area (Å²) in [4.78, 5) is 11.9. The van der Waals surface area contributed by atoms with Crippen LogP contribution in [0.2, 0.25) is 5.04 Å². The zero-order chi connectivity index (χ0) is 28.9. The Morgan fingerprint density at radius 1 is 1.03 bits per heavy atom. The van der Waals surface area contributed by atoms with Gasteiger partial charge >= 0.3 is 5.97 Å². The SMILES string of the molecule is C=CCC/C=C/C(=O)OC/C(C)=C\[C@@H](C)[C@H](O)[C@H](CO[Si](c1ccccc1)(c1ccccc1)C(C)(C)C)OC. The molecule has 0 aromatic heterocycles. The molecule has 0 spiro atoms. The van der Waals surface area contributed by atoms with Crippen LogP contribution in [0.1, 0.15) is 47.5 Å². The Hall–Kier alpha value is -2.77. The van der Waals surface area contributed by atoms with E-state index in [4.69, 9.17) is 13.9 Å². The summed E-state index contributed by atoms with van der Waals surface area (Å²) in [5.74, 6) is -0.618. The number of carbonyl (C=O) groups is 1. The monoisotopic (exact) mass is 550 g/mol. The van der Waals surface area contributed by atoms with Crippen molar-refractivity contribution in [3.8, 4) is 0 Å². The molecule has 0 aliphatic heterocycles. The van der Waals surface area contributed by atoms with Gasteiger partial charge in [0.05, 0.1) is 12.7 Å². The maximum Gasteiger partial charge on any atom is 0.330 e. The Morgan fingerprint density at radius 3 is 2.08 bits per heavy atom. The minimum atomic E-state index is -2.76. The highest BCUT2D eigenvalue weighted by Crippen LogP contribution is 2.37. The van der Waals surface area contributed by atoms with Crippen molar-refractivity contribution in [1.82, 2.24) is 0 Å². The van der Waals surface area contributed by atoms with Crippen LogP contribution in [0.15, 0.2) is 97.1 Å². The number of aliphatic hydroxyl groups is 1. The molecule has 212 valence electrons. The minimum Gasteiger partial charge on any atom is -0.458 e. The van der Waals surface area contributed by atoms with E-state index < -0.39 is 20.5 Å². The first-order valence-corrected chi connectivity index (χ1v) is 15.5. The highest BCUT2D eigenvalue weighted by atomic mass is 28.4. The van der Waals surface area contributed by atoms with Gasteiger partial charge in [0, 0.05) is 19.1 Å². The van der Waals surface area contributed by atoms with Crippen molar-refractivity contribution in [2.45, 2.75) is 64.7 Å². The summed E-state index contributed by atoms with van der Waals surface area (Å²) in [5.41, 5.74) is 0.858. The van der Waals surface area contributed by atoms with Crippen molar-refractivity contribution >= 4 is 24.7 Å². The summed E-state index contributed by atoms with van der Waals surface area (Å²) < 4.78 is 18.1. The molecule has 0 saturated heterocycles. The van der Waals surface area contributed by atoms with Gasteiger partial charge < -0.3 is 19.0 Å². The molecular weight excluding hydrogens is 504 g/mol. The van der Waals surface area contributed by atoms with Crippen LogP contribution < -0.4 is 10.4 Å². The van der Waals surface area contributed by atoms with Gasteiger partial charge in [-0.3, -0.25) is 0 Å². The zero-order valence-corrected chi connectivity index (χ0v) is 25.4. The molecule has 0 heterocycles. The molecule has 0 fully saturated rings. The van der Waals surface area contributed by atoms with Crippen molar-refractivity contribution in [1.29, 1.82) is 0 Å². The van der Waals surface area contributed by atoms with Gasteiger partial charge in [0.25, 0.3) is 8.32 Å². The van der Waals surface area contributed by atoms with Crippen molar-refractivity contribution in [2.75, 3.05) is 20.3 Å². The van der Waals surface area contributed by atoms with E-state index in [9.17, 15) is 9.90 Å². The highest BCUT2D eigenvalue weighted by Gasteiger charge is 2.50. The number of rotatable bonds is 15. The number of aliphatic hydroxyl groups excluding tert-OH is 1. The van der Waals surface area contributed by atoms with Crippen LogP contribution in [0.5, 0.6) is 0 Å². The van der Waals surface area contributed by atoms with E-state index in [1.807, 2.05) is 38.1 Å². The largest absolute Gasteiger partial charge is 0.458 e. The van der Waals surface area contributed by atoms with Crippen molar-refractivity contribution < 1.29 is 23.8 Å². The van der Waals surface area contributed by atoms with E-state index in [-0.39, 0.29) is 30.1 Å². The number of methoxy groups -OCH3 is 1. The third-order valence-electron chi connectivity index (χ3n) is 6.88. The predicted molar refractivity (Wildman–Crippen MR) is 163 cm³/mol. The third-order valence-corrected chi connectivity index (χ3v) is 11.9. The second kappa shape index (κ2) is 15.7. The third kappa shape index (κ3) is 9.14. The average molecular weight is 551 g/mol. The Balaban J connectivity index is 2.18. The van der Waals surface area contributed by atoms with Gasteiger partial charge in [-0.25, -0.2) is 4.79 Å². The molecule has 2 aromatic carbocycles. The van der Waals surface area contributed by atoms with Crippen LogP contribution in [0, 0.1) is 5.92 Å². The first kappa shape index (κ1) is 32.4. The number of benzene rings is 2. The maximum atomic E-state index is 11.9. The quantitative estimate of drug-likeness (QED) is 0.103. The second-order valence-electron chi connectivity index (χ2n) is 11.0. The summed E-state index contributed by atoms with van der Waals surface area (Å²) in [7, 11) is -1.16. The standard InChI is InChI=1S/C33H46O5Si/c1-8-9-10-17-22-31(34)37-24-26(2)23-27(3)32(35)30(36-7)25-38-39(33(4,5)6,28-18-13-11-14-19-28)29-20-15-12-16-21-29/h8,11-23,27,30,32,35H,1,9-10,24-25H2,2-7H3/b22-17+,26-23-/t27-,30+,32+/m1/s1. The van der Waals surface area contributed by atoms with E-state index in [1.165, 1.54) is 16.4 Å². The van der Waals surface area contributed by atoms with Gasteiger partial charge in [-0.1, -0.05) is 107 Å². The number of allylic oxidation sites excluding steroid dienone is 2. The van der Waals surface area contributed by atoms with Crippen LogP contribution in [-0.4, -0.2) is 51.9 Å². The number of hydrogen-bond acceptors (Lipinski definition) is 5. The van der Waals surface area contributed by atoms with Crippen molar-refractivity contribution in [2.24, 2.45) is 5.92 Å². The fourth-order valence-electron chi connectivity index (χ4n) is 4.84. The van der Waals surface area contributed by atoms with Crippen LogP contribution in [-0.2, 0) is 18.7 Å².